The van der Waals surface area contributed by atoms with Crippen LogP contribution in [0.4, 0.5) is 5.69 Å². The van der Waals surface area contributed by atoms with Gasteiger partial charge < -0.3 is 15.0 Å². The maximum absolute atomic E-state index is 11.9. The Morgan fingerprint density at radius 3 is 2.94 bits per heavy atom. The molecule has 1 heterocycles. The lowest BCUT2D eigenvalue weighted by molar-refractivity contribution is 0.447. The Balaban J connectivity index is 2.40. The number of nitrogens with zero attached hydrogens (tertiary/aromatic N) is 2. The summed E-state index contributed by atoms with van der Waals surface area (Å²) in [5.74, 6) is 0.491. The SMILES string of the molecule is CCn1ccnc(Oc2cc(C)ccc2N)c1=O. The quantitative estimate of drug-likeness (QED) is 0.839. The van der Waals surface area contributed by atoms with Gasteiger partial charge in [0.05, 0.1) is 5.69 Å². The topological polar surface area (TPSA) is 70.1 Å². The molecule has 0 bridgehead atoms. The Bertz CT molecular complexity index is 620. The number of rotatable bonds is 3. The Morgan fingerprint density at radius 1 is 1.44 bits per heavy atom. The number of nitrogens with two attached hydrogens (primary N) is 1. The molecule has 1 aromatic carbocycles. The molecular formula is C13H15N3O2. The van der Waals surface area contributed by atoms with Crippen molar-refractivity contribution >= 4 is 5.69 Å². The Hall–Kier alpha value is -2.30. The lowest BCUT2D eigenvalue weighted by Crippen LogP contribution is -2.20. The summed E-state index contributed by atoms with van der Waals surface area (Å²) >= 11 is 0. The van der Waals surface area contributed by atoms with Crippen molar-refractivity contribution in [3.05, 3.63) is 46.5 Å². The largest absolute Gasteiger partial charge is 0.432 e. The van der Waals surface area contributed by atoms with E-state index in [-0.39, 0.29) is 11.4 Å². The van der Waals surface area contributed by atoms with E-state index in [0.717, 1.165) is 5.56 Å². The third kappa shape index (κ3) is 2.34. The molecule has 0 radical (unpaired) electrons. The van der Waals surface area contributed by atoms with Gasteiger partial charge >= 0.3 is 5.56 Å². The maximum Gasteiger partial charge on any atom is 0.313 e. The summed E-state index contributed by atoms with van der Waals surface area (Å²) in [7, 11) is 0. The molecule has 5 heteroatoms. The van der Waals surface area contributed by atoms with Crippen molar-refractivity contribution in [3.8, 4) is 11.6 Å². The minimum atomic E-state index is -0.263. The molecule has 1 aromatic heterocycles. The zero-order valence-electron chi connectivity index (χ0n) is 10.4. The van der Waals surface area contributed by atoms with Crippen molar-refractivity contribution in [2.24, 2.45) is 0 Å². The molecule has 2 N–H and O–H groups in total. The number of hydrogen-bond acceptors (Lipinski definition) is 4. The van der Waals surface area contributed by atoms with Gasteiger partial charge in [0.25, 0.3) is 5.88 Å². The predicted octanol–water partition coefficient (Wildman–Crippen LogP) is 1.95. The average molecular weight is 245 g/mol. The normalized spacial score (nSPS) is 10.3. The van der Waals surface area contributed by atoms with Crippen LogP contribution in [-0.4, -0.2) is 9.55 Å². The fraction of sp³-hybridized carbons (Fsp3) is 0.231. The second-order valence-electron chi connectivity index (χ2n) is 3.97. The van der Waals surface area contributed by atoms with Crippen LogP contribution in [0, 0.1) is 6.92 Å². The number of hydrogen-bond donors (Lipinski definition) is 1. The molecular weight excluding hydrogens is 230 g/mol. The molecule has 0 saturated carbocycles. The van der Waals surface area contributed by atoms with Crippen molar-refractivity contribution in [1.82, 2.24) is 9.55 Å². The maximum atomic E-state index is 11.9. The van der Waals surface area contributed by atoms with Crippen molar-refractivity contribution in [2.45, 2.75) is 20.4 Å². The first-order valence-corrected chi connectivity index (χ1v) is 5.71. The molecule has 0 spiro atoms. The smallest absolute Gasteiger partial charge is 0.313 e. The Morgan fingerprint density at radius 2 is 2.22 bits per heavy atom. The van der Waals surface area contributed by atoms with Crippen LogP contribution in [0.3, 0.4) is 0 Å². The van der Waals surface area contributed by atoms with Crippen LogP contribution in [-0.2, 0) is 6.54 Å². The van der Waals surface area contributed by atoms with Crippen LogP contribution < -0.4 is 16.0 Å². The highest BCUT2D eigenvalue weighted by atomic mass is 16.5. The van der Waals surface area contributed by atoms with E-state index in [1.807, 2.05) is 19.9 Å². The van der Waals surface area contributed by atoms with Gasteiger partial charge in [-0.15, -0.1) is 0 Å². The first kappa shape index (κ1) is 12.2. The molecule has 2 aromatic rings. The van der Waals surface area contributed by atoms with E-state index in [1.165, 1.54) is 10.8 Å². The monoisotopic (exact) mass is 245 g/mol. The van der Waals surface area contributed by atoms with E-state index < -0.39 is 0 Å². The fourth-order valence-corrected chi connectivity index (χ4v) is 1.58. The lowest BCUT2D eigenvalue weighted by Gasteiger charge is -2.09. The number of ether oxygens (including phenoxy) is 1. The van der Waals surface area contributed by atoms with Crippen molar-refractivity contribution in [1.29, 1.82) is 0 Å². The van der Waals surface area contributed by atoms with Crippen LogP contribution in [0.25, 0.3) is 0 Å². The standard InChI is InChI=1S/C13H15N3O2/c1-3-16-7-6-15-12(13(16)17)18-11-8-9(2)4-5-10(11)14/h4-8H,3,14H2,1-2H3. The van der Waals surface area contributed by atoms with Gasteiger partial charge in [-0.3, -0.25) is 4.79 Å². The second-order valence-corrected chi connectivity index (χ2v) is 3.97. The molecule has 0 saturated heterocycles. The second kappa shape index (κ2) is 4.91. The summed E-state index contributed by atoms with van der Waals surface area (Å²) in [6.07, 6.45) is 3.15. The first-order valence-electron chi connectivity index (χ1n) is 5.71. The number of benzene rings is 1. The van der Waals surface area contributed by atoms with E-state index in [4.69, 9.17) is 10.5 Å². The van der Waals surface area contributed by atoms with Gasteiger partial charge in [-0.1, -0.05) is 6.07 Å². The summed E-state index contributed by atoms with van der Waals surface area (Å²) in [5, 5.41) is 0. The predicted molar refractivity (Wildman–Crippen MR) is 69.8 cm³/mol. The Kier molecular flexibility index (Phi) is 3.32. The average Bonchev–Trinajstić information content (AvgIpc) is 2.36. The molecule has 0 unspecified atom stereocenters. The van der Waals surface area contributed by atoms with E-state index in [9.17, 15) is 4.79 Å². The summed E-state index contributed by atoms with van der Waals surface area (Å²) in [5.41, 5.74) is 7.02. The highest BCUT2D eigenvalue weighted by Crippen LogP contribution is 2.25. The van der Waals surface area contributed by atoms with E-state index in [0.29, 0.717) is 18.0 Å². The summed E-state index contributed by atoms with van der Waals surface area (Å²) < 4.78 is 7.02. The van der Waals surface area contributed by atoms with E-state index in [1.54, 1.807) is 18.3 Å². The zero-order chi connectivity index (χ0) is 13.1. The van der Waals surface area contributed by atoms with E-state index in [2.05, 4.69) is 4.98 Å². The van der Waals surface area contributed by atoms with Crippen molar-refractivity contribution in [2.75, 3.05) is 5.73 Å². The summed E-state index contributed by atoms with van der Waals surface area (Å²) in [4.78, 5) is 15.9. The molecule has 0 aliphatic rings. The van der Waals surface area contributed by atoms with Crippen LogP contribution >= 0.6 is 0 Å². The van der Waals surface area contributed by atoms with Gasteiger partial charge in [0.15, 0.2) is 5.75 Å². The molecule has 0 aliphatic heterocycles. The highest BCUT2D eigenvalue weighted by molar-refractivity contribution is 5.54. The number of nitrogen functional groups attached to an aromatic ring is 1. The molecule has 0 aliphatic carbocycles. The summed E-state index contributed by atoms with van der Waals surface area (Å²) in [6.45, 7) is 4.38. The molecule has 0 amide bonds. The third-order valence-corrected chi connectivity index (χ3v) is 2.60. The highest BCUT2D eigenvalue weighted by Gasteiger charge is 2.08. The van der Waals surface area contributed by atoms with Gasteiger partial charge in [0, 0.05) is 18.9 Å². The minimum absolute atomic E-state index is 0.0386. The van der Waals surface area contributed by atoms with Gasteiger partial charge in [0.2, 0.25) is 0 Å². The zero-order valence-corrected chi connectivity index (χ0v) is 10.4. The number of aromatic nitrogens is 2. The fourth-order valence-electron chi connectivity index (χ4n) is 1.58. The molecule has 0 fully saturated rings. The van der Waals surface area contributed by atoms with Crippen LogP contribution in [0.5, 0.6) is 11.6 Å². The van der Waals surface area contributed by atoms with E-state index >= 15 is 0 Å². The van der Waals surface area contributed by atoms with Gasteiger partial charge in [-0.05, 0) is 31.5 Å². The molecule has 18 heavy (non-hydrogen) atoms. The number of aryl methyl sites for hydroxylation is 2. The number of anilines is 1. The minimum Gasteiger partial charge on any atom is -0.432 e. The molecule has 5 nitrogen and oxygen atoms in total. The molecule has 94 valence electrons. The molecule has 0 atom stereocenters. The van der Waals surface area contributed by atoms with Gasteiger partial charge in [0.1, 0.15) is 0 Å². The lowest BCUT2D eigenvalue weighted by atomic mass is 10.2. The third-order valence-electron chi connectivity index (χ3n) is 2.60. The van der Waals surface area contributed by atoms with Crippen molar-refractivity contribution in [3.63, 3.8) is 0 Å². The van der Waals surface area contributed by atoms with Crippen LogP contribution in [0.1, 0.15) is 12.5 Å². The summed E-state index contributed by atoms with van der Waals surface area (Å²) in [6, 6.07) is 5.40. The van der Waals surface area contributed by atoms with Crippen molar-refractivity contribution < 1.29 is 4.74 Å². The Labute approximate surface area is 105 Å². The van der Waals surface area contributed by atoms with Crippen LogP contribution in [0.2, 0.25) is 0 Å². The first-order chi connectivity index (χ1) is 8.61. The van der Waals surface area contributed by atoms with Crippen LogP contribution in [0.15, 0.2) is 35.4 Å². The van der Waals surface area contributed by atoms with Gasteiger partial charge in [-0.2, -0.15) is 0 Å². The van der Waals surface area contributed by atoms with Gasteiger partial charge in [-0.25, -0.2) is 4.98 Å². The molecule has 2 rings (SSSR count).